The molecule has 3 aromatic rings. The maximum Gasteiger partial charge on any atom is 0.139 e. The zero-order valence-electron chi connectivity index (χ0n) is 12.7. The number of pyridine rings is 1. The van der Waals surface area contributed by atoms with Gasteiger partial charge in [-0.25, -0.2) is 4.98 Å². The van der Waals surface area contributed by atoms with Crippen molar-refractivity contribution in [1.29, 1.82) is 0 Å². The van der Waals surface area contributed by atoms with Gasteiger partial charge in [-0.3, -0.25) is 4.40 Å². The Labute approximate surface area is 143 Å². The molecule has 0 aliphatic carbocycles. The molecular weight excluding hydrogens is 354 g/mol. The van der Waals surface area contributed by atoms with Crippen LogP contribution in [-0.2, 0) is 4.74 Å². The number of nitrogens with zero attached hydrogens (tertiary/aromatic N) is 2. The van der Waals surface area contributed by atoms with Crippen LogP contribution in [0.4, 0.5) is 5.82 Å². The second kappa shape index (κ2) is 6.34. The highest BCUT2D eigenvalue weighted by molar-refractivity contribution is 9.10. The summed E-state index contributed by atoms with van der Waals surface area (Å²) in [5.74, 6) is 1.02. The fraction of sp³-hybridized carbons (Fsp3) is 0.278. The van der Waals surface area contributed by atoms with E-state index in [2.05, 4.69) is 37.8 Å². The van der Waals surface area contributed by atoms with E-state index >= 15 is 0 Å². The van der Waals surface area contributed by atoms with Gasteiger partial charge in [0.25, 0.3) is 0 Å². The SMILES string of the molecule is Brc1ccc2nc(-c3ccccc3)c(NC[C@H]3CCCO3)n2c1. The van der Waals surface area contributed by atoms with Crippen LogP contribution in [0.1, 0.15) is 12.8 Å². The maximum absolute atomic E-state index is 5.73. The Morgan fingerprint density at radius 2 is 2.09 bits per heavy atom. The summed E-state index contributed by atoms with van der Waals surface area (Å²) in [7, 11) is 0. The van der Waals surface area contributed by atoms with Crippen LogP contribution in [0.5, 0.6) is 0 Å². The van der Waals surface area contributed by atoms with Gasteiger partial charge in [0.1, 0.15) is 17.2 Å². The Morgan fingerprint density at radius 3 is 2.87 bits per heavy atom. The Balaban J connectivity index is 1.76. The van der Waals surface area contributed by atoms with Gasteiger partial charge in [0.15, 0.2) is 0 Å². The minimum absolute atomic E-state index is 0.288. The monoisotopic (exact) mass is 371 g/mol. The molecule has 0 amide bonds. The van der Waals surface area contributed by atoms with Crippen molar-refractivity contribution in [2.75, 3.05) is 18.5 Å². The first kappa shape index (κ1) is 14.7. The molecule has 1 atom stereocenters. The number of nitrogens with one attached hydrogen (secondary N) is 1. The highest BCUT2D eigenvalue weighted by atomic mass is 79.9. The summed E-state index contributed by atoms with van der Waals surface area (Å²) >= 11 is 3.55. The zero-order chi connectivity index (χ0) is 15.6. The van der Waals surface area contributed by atoms with E-state index in [1.165, 1.54) is 0 Å². The molecule has 1 aromatic carbocycles. The molecule has 118 valence electrons. The van der Waals surface area contributed by atoms with E-state index < -0.39 is 0 Å². The third kappa shape index (κ3) is 2.99. The van der Waals surface area contributed by atoms with Gasteiger partial charge in [0.05, 0.1) is 6.10 Å². The van der Waals surface area contributed by atoms with Crippen molar-refractivity contribution in [3.8, 4) is 11.3 Å². The Hall–Kier alpha value is -1.85. The molecular formula is C18H18BrN3O. The van der Waals surface area contributed by atoms with Crippen molar-refractivity contribution in [2.45, 2.75) is 18.9 Å². The predicted molar refractivity (Wildman–Crippen MR) is 95.8 cm³/mol. The number of imidazole rings is 1. The van der Waals surface area contributed by atoms with Crippen molar-refractivity contribution in [2.24, 2.45) is 0 Å². The first-order valence-corrected chi connectivity index (χ1v) is 8.69. The maximum atomic E-state index is 5.73. The van der Waals surface area contributed by atoms with Gasteiger partial charge in [-0.2, -0.15) is 0 Å². The lowest BCUT2D eigenvalue weighted by Gasteiger charge is -2.13. The van der Waals surface area contributed by atoms with Crippen LogP contribution < -0.4 is 5.32 Å². The first-order chi connectivity index (χ1) is 11.3. The highest BCUT2D eigenvalue weighted by Crippen LogP contribution is 2.30. The van der Waals surface area contributed by atoms with Crippen LogP contribution in [0.15, 0.2) is 53.1 Å². The third-order valence-electron chi connectivity index (χ3n) is 4.15. The number of ether oxygens (including phenoxy) is 1. The summed E-state index contributed by atoms with van der Waals surface area (Å²) in [4.78, 5) is 4.81. The molecule has 1 saturated heterocycles. The third-order valence-corrected chi connectivity index (χ3v) is 4.62. The van der Waals surface area contributed by atoms with E-state index in [4.69, 9.17) is 9.72 Å². The van der Waals surface area contributed by atoms with Gasteiger partial charge in [0, 0.05) is 29.4 Å². The fourth-order valence-electron chi connectivity index (χ4n) is 3.00. The summed E-state index contributed by atoms with van der Waals surface area (Å²) in [6, 6.07) is 14.3. The number of rotatable bonds is 4. The normalized spacial score (nSPS) is 17.7. The Kier molecular flexibility index (Phi) is 4.06. The Morgan fingerprint density at radius 1 is 1.22 bits per heavy atom. The average Bonchev–Trinajstić information content (AvgIpc) is 3.21. The van der Waals surface area contributed by atoms with Crippen molar-refractivity contribution < 1.29 is 4.74 Å². The van der Waals surface area contributed by atoms with E-state index in [0.717, 1.165) is 53.2 Å². The van der Waals surface area contributed by atoms with Gasteiger partial charge in [-0.15, -0.1) is 0 Å². The molecule has 0 spiro atoms. The van der Waals surface area contributed by atoms with Gasteiger partial charge >= 0.3 is 0 Å². The van der Waals surface area contributed by atoms with Crippen molar-refractivity contribution in [3.05, 3.63) is 53.1 Å². The molecule has 1 N–H and O–H groups in total. The summed E-state index contributed by atoms with van der Waals surface area (Å²) in [5.41, 5.74) is 3.02. The van der Waals surface area contributed by atoms with Crippen LogP contribution in [0.3, 0.4) is 0 Å². The van der Waals surface area contributed by atoms with Crippen molar-refractivity contribution in [3.63, 3.8) is 0 Å². The second-order valence-electron chi connectivity index (χ2n) is 5.77. The first-order valence-electron chi connectivity index (χ1n) is 7.90. The van der Waals surface area contributed by atoms with E-state index in [9.17, 15) is 0 Å². The molecule has 5 heteroatoms. The molecule has 0 radical (unpaired) electrons. The number of hydrogen-bond acceptors (Lipinski definition) is 3. The summed E-state index contributed by atoms with van der Waals surface area (Å²) in [5, 5.41) is 3.56. The van der Waals surface area contributed by atoms with Crippen LogP contribution in [0.2, 0.25) is 0 Å². The highest BCUT2D eigenvalue weighted by Gasteiger charge is 2.18. The van der Waals surface area contributed by atoms with Crippen LogP contribution in [0.25, 0.3) is 16.9 Å². The summed E-state index contributed by atoms with van der Waals surface area (Å²) in [6.07, 6.45) is 4.61. The Bertz CT molecular complexity index is 810. The minimum atomic E-state index is 0.288. The zero-order valence-corrected chi connectivity index (χ0v) is 14.3. The number of hydrogen-bond donors (Lipinski definition) is 1. The topological polar surface area (TPSA) is 38.6 Å². The average molecular weight is 372 g/mol. The summed E-state index contributed by atoms with van der Waals surface area (Å²) in [6.45, 7) is 1.68. The van der Waals surface area contributed by atoms with Crippen LogP contribution in [-0.4, -0.2) is 28.6 Å². The molecule has 4 nitrogen and oxygen atoms in total. The van der Waals surface area contributed by atoms with E-state index in [1.54, 1.807) is 0 Å². The molecule has 2 aromatic heterocycles. The van der Waals surface area contributed by atoms with Gasteiger partial charge in [0.2, 0.25) is 0 Å². The smallest absolute Gasteiger partial charge is 0.139 e. The molecule has 1 aliphatic heterocycles. The van der Waals surface area contributed by atoms with Gasteiger partial charge in [-0.1, -0.05) is 30.3 Å². The molecule has 1 fully saturated rings. The standard InChI is InChI=1S/C18H18BrN3O/c19-14-8-9-16-21-17(13-5-2-1-3-6-13)18(22(16)12-14)20-11-15-7-4-10-23-15/h1-3,5-6,8-9,12,15,20H,4,7,10-11H2/t15-/m1/s1. The molecule has 0 unspecified atom stereocenters. The van der Waals surface area contributed by atoms with Crippen LogP contribution in [0, 0.1) is 0 Å². The largest absolute Gasteiger partial charge is 0.376 e. The lowest BCUT2D eigenvalue weighted by atomic mass is 10.1. The molecule has 4 rings (SSSR count). The lowest BCUT2D eigenvalue weighted by Crippen LogP contribution is -2.19. The van der Waals surface area contributed by atoms with Crippen molar-refractivity contribution >= 4 is 27.4 Å². The fourth-order valence-corrected chi connectivity index (χ4v) is 3.34. The molecule has 0 saturated carbocycles. The minimum Gasteiger partial charge on any atom is -0.376 e. The molecule has 0 bridgehead atoms. The van der Waals surface area contributed by atoms with E-state index in [-0.39, 0.29) is 6.10 Å². The second-order valence-corrected chi connectivity index (χ2v) is 6.68. The van der Waals surface area contributed by atoms with Gasteiger partial charge in [-0.05, 0) is 40.9 Å². The number of anilines is 1. The molecule has 1 aliphatic rings. The quantitative estimate of drug-likeness (QED) is 0.740. The molecule has 23 heavy (non-hydrogen) atoms. The number of halogens is 1. The summed E-state index contributed by atoms with van der Waals surface area (Å²) < 4.78 is 8.86. The van der Waals surface area contributed by atoms with Crippen LogP contribution >= 0.6 is 15.9 Å². The van der Waals surface area contributed by atoms with E-state index in [0.29, 0.717) is 0 Å². The lowest BCUT2D eigenvalue weighted by molar-refractivity contribution is 0.120. The number of aromatic nitrogens is 2. The van der Waals surface area contributed by atoms with E-state index in [1.807, 2.05) is 36.5 Å². The molecule has 3 heterocycles. The predicted octanol–water partition coefficient (Wildman–Crippen LogP) is 4.35. The van der Waals surface area contributed by atoms with Crippen molar-refractivity contribution in [1.82, 2.24) is 9.38 Å². The number of fused-ring (bicyclic) bond motifs is 1. The number of benzene rings is 1. The van der Waals surface area contributed by atoms with Gasteiger partial charge < -0.3 is 10.1 Å².